The van der Waals surface area contributed by atoms with E-state index in [4.69, 9.17) is 45.6 Å². The number of ketones is 1. The summed E-state index contributed by atoms with van der Waals surface area (Å²) in [7, 11) is 0. The SMILES string of the molecule is CCOC(=O)c1nn[nH]n1.ClCc1cn2cc(C3CC3)ccc2n1.Nc1ccc(C2CC2)cn1.O=C(CCl)CCl.O=C(NCc1ncn2ccc(Br)c(F)c12)c1nnn(Cc2cn3cc(C4CC4)ccc3n2)n1.O=C(O)c1nnn(Cc2cn3cc(C4CC4)ccc3n2)n1. The van der Waals surface area contributed by atoms with Crippen molar-refractivity contribution in [1.29, 1.82) is 0 Å². The summed E-state index contributed by atoms with van der Waals surface area (Å²) >= 11 is 18.9. The fourth-order valence-corrected chi connectivity index (χ4v) is 10.2. The van der Waals surface area contributed by atoms with Crippen molar-refractivity contribution in [3.05, 3.63) is 183 Å². The molecule has 29 nitrogen and oxygen atoms in total. The number of aromatic nitrogens is 21. The number of amides is 1. The molecule has 16 rings (SSSR count). The molecule has 5 N–H and O–H groups in total. The van der Waals surface area contributed by atoms with E-state index in [2.05, 4.69) is 156 Å². The molecule has 12 aromatic rings. The lowest BCUT2D eigenvalue weighted by Crippen LogP contribution is -2.24. The van der Waals surface area contributed by atoms with E-state index < -0.39 is 23.7 Å². The summed E-state index contributed by atoms with van der Waals surface area (Å²) in [5.74, 6) is 0.817. The molecule has 486 valence electrons. The van der Waals surface area contributed by atoms with E-state index in [1.54, 1.807) is 23.6 Å². The number of anilines is 1. The molecular weight excluding hydrogens is 1340 g/mol. The molecule has 0 spiro atoms. The summed E-state index contributed by atoms with van der Waals surface area (Å²) in [6, 6.07) is 18.0. The molecular formula is C60H60BrCl3FN23O6. The van der Waals surface area contributed by atoms with Gasteiger partial charge >= 0.3 is 11.9 Å². The van der Waals surface area contributed by atoms with E-state index in [9.17, 15) is 23.6 Å². The van der Waals surface area contributed by atoms with Gasteiger partial charge in [0.2, 0.25) is 0 Å². The van der Waals surface area contributed by atoms with Crippen molar-refractivity contribution in [3.8, 4) is 0 Å². The zero-order valence-corrected chi connectivity index (χ0v) is 54.1. The van der Waals surface area contributed by atoms with Crippen molar-refractivity contribution >= 4 is 103 Å². The second-order valence-corrected chi connectivity index (χ2v) is 23.7. The highest BCUT2D eigenvalue weighted by atomic mass is 79.9. The van der Waals surface area contributed by atoms with Crippen molar-refractivity contribution in [2.45, 2.75) is 107 Å². The number of hydrogen-bond acceptors (Lipinski definition) is 20. The third-order valence-electron chi connectivity index (χ3n) is 14.8. The highest BCUT2D eigenvalue weighted by molar-refractivity contribution is 9.10. The maximum atomic E-state index is 14.4. The summed E-state index contributed by atoms with van der Waals surface area (Å²) in [6.07, 6.45) is 27.6. The fourth-order valence-electron chi connectivity index (χ4n) is 9.47. The number of ether oxygens (including phenoxy) is 1. The van der Waals surface area contributed by atoms with Crippen LogP contribution in [0.2, 0.25) is 0 Å². The lowest BCUT2D eigenvalue weighted by Gasteiger charge is -2.03. The van der Waals surface area contributed by atoms with Gasteiger partial charge in [0, 0.05) is 49.6 Å². The molecule has 0 saturated heterocycles. The zero-order valence-electron chi connectivity index (χ0n) is 50.2. The van der Waals surface area contributed by atoms with Crippen LogP contribution in [0.15, 0.2) is 115 Å². The van der Waals surface area contributed by atoms with Crippen LogP contribution in [0.3, 0.4) is 0 Å². The highest BCUT2D eigenvalue weighted by Crippen LogP contribution is 2.42. The van der Waals surface area contributed by atoms with Crippen LogP contribution in [0, 0.1) is 5.82 Å². The normalized spacial score (nSPS) is 13.9. The minimum atomic E-state index is -1.19. The third kappa shape index (κ3) is 17.5. The second-order valence-electron chi connectivity index (χ2n) is 22.1. The molecule has 1 amide bonds. The van der Waals surface area contributed by atoms with Gasteiger partial charge in [-0.1, -0.05) is 24.3 Å². The van der Waals surface area contributed by atoms with Gasteiger partial charge in [0.05, 0.1) is 64.4 Å². The molecule has 4 aliphatic carbocycles. The van der Waals surface area contributed by atoms with E-state index in [1.165, 1.54) is 89.5 Å². The molecule has 4 fully saturated rings. The number of nitrogens with two attached hydrogens (primary N) is 1. The number of nitrogens with zero attached hydrogens (tertiary/aromatic N) is 20. The number of H-pyrrole nitrogens is 1. The summed E-state index contributed by atoms with van der Waals surface area (Å²) < 4.78 is 26.9. The summed E-state index contributed by atoms with van der Waals surface area (Å²) in [5, 5.41) is 46.5. The summed E-state index contributed by atoms with van der Waals surface area (Å²) in [6.45, 7) is 2.62. The number of carbonyl (C=O) groups is 4. The lowest BCUT2D eigenvalue weighted by atomic mass is 10.2. The number of rotatable bonds is 17. The number of esters is 1. The number of Topliss-reactive ketones (excluding diaryl/α,β-unsaturated/α-hetero) is 1. The van der Waals surface area contributed by atoms with E-state index in [0.717, 1.165) is 45.9 Å². The maximum absolute atomic E-state index is 14.4. The number of carboxylic acid groups (broad SMARTS) is 1. The van der Waals surface area contributed by atoms with Crippen LogP contribution >= 0.6 is 50.7 Å². The first-order chi connectivity index (χ1) is 45.6. The number of carboxylic acids is 1. The van der Waals surface area contributed by atoms with Gasteiger partial charge in [0.1, 0.15) is 41.4 Å². The Morgan fingerprint density at radius 1 is 0.660 bits per heavy atom. The van der Waals surface area contributed by atoms with Gasteiger partial charge in [-0.25, -0.2) is 38.9 Å². The van der Waals surface area contributed by atoms with Gasteiger partial charge in [0.25, 0.3) is 23.4 Å². The van der Waals surface area contributed by atoms with Crippen molar-refractivity contribution in [3.63, 3.8) is 0 Å². The third-order valence-corrected chi connectivity index (χ3v) is 16.3. The van der Waals surface area contributed by atoms with Crippen molar-refractivity contribution in [1.82, 2.24) is 109 Å². The molecule has 0 unspecified atom stereocenters. The van der Waals surface area contributed by atoms with E-state index in [-0.39, 0.29) is 53.6 Å². The Hall–Kier alpha value is -9.72. The molecule has 34 heteroatoms. The van der Waals surface area contributed by atoms with Crippen LogP contribution in [0.4, 0.5) is 10.2 Å². The van der Waals surface area contributed by atoms with E-state index >= 15 is 0 Å². The van der Waals surface area contributed by atoms with Gasteiger partial charge < -0.3 is 38.5 Å². The Balaban J connectivity index is 0.000000126. The molecule has 0 aromatic carbocycles. The smallest absolute Gasteiger partial charge is 0.380 e. The topological polar surface area (TPSA) is 360 Å². The molecule has 4 aliphatic rings. The Kier molecular flexibility index (Phi) is 21.2. The number of nitrogens with one attached hydrogen (secondary N) is 2. The number of pyridine rings is 5. The Bertz CT molecular complexity index is 4590. The maximum Gasteiger partial charge on any atom is 0.380 e. The van der Waals surface area contributed by atoms with Crippen LogP contribution in [-0.2, 0) is 35.0 Å². The molecule has 12 heterocycles. The van der Waals surface area contributed by atoms with Crippen molar-refractivity contribution in [2.24, 2.45) is 0 Å². The average Bonchev–Trinajstić information content (AvgIpc) is 1.69. The van der Waals surface area contributed by atoms with E-state index in [0.29, 0.717) is 46.9 Å². The molecule has 0 bridgehead atoms. The average molecular weight is 1400 g/mol. The van der Waals surface area contributed by atoms with Gasteiger partial charge in [-0.15, -0.1) is 65.4 Å². The second kappa shape index (κ2) is 30.4. The van der Waals surface area contributed by atoms with Crippen LogP contribution in [-0.4, -0.2) is 151 Å². The minimum Gasteiger partial charge on any atom is -0.475 e. The molecule has 4 saturated carbocycles. The number of tetrazole rings is 3. The number of imidazole rings is 4. The van der Waals surface area contributed by atoms with E-state index in [1.807, 2.05) is 51.8 Å². The van der Waals surface area contributed by atoms with Gasteiger partial charge in [-0.05, 0) is 166 Å². The first kappa shape index (κ1) is 65.8. The number of alkyl halides is 3. The van der Waals surface area contributed by atoms with Gasteiger partial charge in [0.15, 0.2) is 11.6 Å². The first-order valence-electron chi connectivity index (χ1n) is 29.7. The number of hydrogen-bond donors (Lipinski definition) is 4. The number of aromatic carboxylic acids is 1. The van der Waals surface area contributed by atoms with Gasteiger partial charge in [-0.3, -0.25) is 9.59 Å². The quantitative estimate of drug-likeness (QED) is 0.0489. The fraction of sp³-hybridized carbons (Fsp3) is 0.333. The molecule has 0 aliphatic heterocycles. The van der Waals surface area contributed by atoms with Crippen LogP contribution < -0.4 is 11.1 Å². The summed E-state index contributed by atoms with van der Waals surface area (Å²) in [4.78, 5) is 68.0. The molecule has 94 heavy (non-hydrogen) atoms. The zero-order chi connectivity index (χ0) is 65.8. The molecule has 0 radical (unpaired) electrons. The molecule has 12 aromatic heterocycles. The van der Waals surface area contributed by atoms with Gasteiger partial charge in [-0.2, -0.15) is 14.8 Å². The lowest BCUT2D eigenvalue weighted by molar-refractivity contribution is -0.114. The monoisotopic (exact) mass is 1400 g/mol. The van der Waals surface area contributed by atoms with Crippen LogP contribution in [0.5, 0.6) is 0 Å². The van der Waals surface area contributed by atoms with Crippen molar-refractivity contribution < 1.29 is 33.4 Å². The Morgan fingerprint density at radius 3 is 1.63 bits per heavy atom. The van der Waals surface area contributed by atoms with Crippen LogP contribution in [0.25, 0.3) is 22.5 Å². The first-order valence-corrected chi connectivity index (χ1v) is 32.1. The Morgan fingerprint density at radius 2 is 1.17 bits per heavy atom. The number of halogens is 5. The number of carbonyl (C=O) groups excluding carboxylic acids is 3. The predicted molar refractivity (Wildman–Crippen MR) is 343 cm³/mol. The predicted octanol–water partition coefficient (Wildman–Crippen LogP) is 8.57. The standard InChI is InChI=1S/C21H17BrFN9O.C13H12N6O2.C11H11ClN2.C8H10N2.C4H6N4O2.C3H4Cl2O/c22-15-5-6-30-11-25-16(19(30)18(15)23)7-24-21(33)20-27-29-32(28-20)10-14-9-31-8-13(12-1-2-12)3-4-17(31)26-14;20-13(21)12-15-17-19(16-12)7-10-6-18-5-9(8-1-2-8)3-4-11(18)14-10;12-5-10-7-14-6-9(8-1-2-8)3-4-11(14)13-10;9-8-4-3-7(5-10-8)6-1-2-6;1-2-10-4(9)3-5-7-8-6-3;4-1-3(6)2-5/h3-6,8-9,11-12H,1-2,7,10H2,(H,24,33);3-6,8H,1-2,7H2,(H,20,21);3-4,6-8H,1-2,5H2;3-6H,1-2H2,(H2,9,10);2H2,1H3,(H,5,6,7,8);1-2H2. The number of nitrogen functional groups attached to an aromatic ring is 1. The summed E-state index contributed by atoms with van der Waals surface area (Å²) in [5.41, 5.74) is 16.7. The largest absolute Gasteiger partial charge is 0.475 e. The molecule has 0 atom stereocenters. The van der Waals surface area contributed by atoms with Crippen molar-refractivity contribution in [2.75, 3.05) is 24.1 Å². The number of aromatic amines is 1. The van der Waals surface area contributed by atoms with Crippen LogP contribution in [0.1, 0.15) is 159 Å². The Labute approximate surface area is 556 Å². The number of fused-ring (bicyclic) bond motifs is 4. The minimum absolute atomic E-state index is 0.0208. The highest BCUT2D eigenvalue weighted by Gasteiger charge is 2.27.